The molecule has 126 valence electrons. The van der Waals surface area contributed by atoms with Gasteiger partial charge in [-0.2, -0.15) is 0 Å². The molecule has 0 aliphatic heterocycles. The van der Waals surface area contributed by atoms with E-state index in [9.17, 15) is 4.79 Å². The molecule has 1 aromatic heterocycles. The molecule has 0 unspecified atom stereocenters. The summed E-state index contributed by atoms with van der Waals surface area (Å²) in [6, 6.07) is 8.06. The first-order valence-electron chi connectivity index (χ1n) is 7.85. The van der Waals surface area contributed by atoms with Crippen molar-refractivity contribution in [2.45, 2.75) is 37.0 Å². The van der Waals surface area contributed by atoms with Crippen molar-refractivity contribution in [1.82, 2.24) is 20.1 Å². The molecule has 1 aliphatic rings. The van der Waals surface area contributed by atoms with Crippen molar-refractivity contribution in [3.63, 3.8) is 0 Å². The van der Waals surface area contributed by atoms with Crippen LogP contribution in [0.2, 0.25) is 5.02 Å². The monoisotopic (exact) mass is 362 g/mol. The number of carbonyl (C=O) groups is 1. The Morgan fingerprint density at radius 3 is 2.79 bits per heavy atom. The highest BCUT2D eigenvalue weighted by atomic mass is 35.5. The molecular formula is C17H19ClN4OS. The molecule has 1 amide bonds. The predicted molar refractivity (Wildman–Crippen MR) is 96.4 cm³/mol. The summed E-state index contributed by atoms with van der Waals surface area (Å²) in [6.45, 7) is 4.41. The quantitative estimate of drug-likeness (QED) is 0.579. The Morgan fingerprint density at radius 1 is 1.38 bits per heavy atom. The third kappa shape index (κ3) is 4.61. The van der Waals surface area contributed by atoms with E-state index in [2.05, 4.69) is 22.1 Å². The van der Waals surface area contributed by atoms with Crippen LogP contribution in [0, 0.1) is 0 Å². The lowest BCUT2D eigenvalue weighted by Gasteiger charge is -2.08. The molecule has 1 aromatic carbocycles. The van der Waals surface area contributed by atoms with Gasteiger partial charge in [0.2, 0.25) is 5.91 Å². The van der Waals surface area contributed by atoms with Crippen molar-refractivity contribution in [1.29, 1.82) is 0 Å². The number of hydrogen-bond donors (Lipinski definition) is 1. The Morgan fingerprint density at radius 2 is 2.12 bits per heavy atom. The Balaban J connectivity index is 1.67. The standard InChI is InChI=1S/C17H19ClN4OS/c1-2-9-22-15(10-12-3-5-13(18)6-4-12)20-21-17(22)24-11-16(23)19-14-7-8-14/h2-6,14H,1,7-11H2,(H,19,23). The summed E-state index contributed by atoms with van der Waals surface area (Å²) in [5.41, 5.74) is 1.11. The number of thioether (sulfide) groups is 1. The number of allylic oxidation sites excluding steroid dienone is 1. The second kappa shape index (κ2) is 7.85. The van der Waals surface area contributed by atoms with E-state index in [0.717, 1.165) is 29.4 Å². The fourth-order valence-corrected chi connectivity index (χ4v) is 3.18. The summed E-state index contributed by atoms with van der Waals surface area (Å²) < 4.78 is 2.00. The topological polar surface area (TPSA) is 59.8 Å². The second-order valence-corrected chi connectivity index (χ2v) is 7.11. The fourth-order valence-electron chi connectivity index (χ4n) is 2.28. The number of hydrogen-bond acceptors (Lipinski definition) is 4. The van der Waals surface area contributed by atoms with Crippen LogP contribution in [0.1, 0.15) is 24.2 Å². The molecule has 0 bridgehead atoms. The van der Waals surface area contributed by atoms with E-state index in [-0.39, 0.29) is 5.91 Å². The smallest absolute Gasteiger partial charge is 0.230 e. The highest BCUT2D eigenvalue weighted by Gasteiger charge is 2.23. The van der Waals surface area contributed by atoms with Gasteiger partial charge in [-0.15, -0.1) is 16.8 Å². The number of aromatic nitrogens is 3. The molecule has 2 aromatic rings. The largest absolute Gasteiger partial charge is 0.353 e. The van der Waals surface area contributed by atoms with Gasteiger partial charge in [-0.05, 0) is 30.5 Å². The summed E-state index contributed by atoms with van der Waals surface area (Å²) >= 11 is 7.33. The summed E-state index contributed by atoms with van der Waals surface area (Å²) in [6.07, 6.45) is 4.65. The van der Waals surface area contributed by atoms with Gasteiger partial charge in [0, 0.05) is 24.0 Å². The number of nitrogens with zero attached hydrogens (tertiary/aromatic N) is 3. The highest BCUT2D eigenvalue weighted by molar-refractivity contribution is 7.99. The minimum Gasteiger partial charge on any atom is -0.353 e. The molecule has 7 heteroatoms. The minimum absolute atomic E-state index is 0.0508. The number of amides is 1. The zero-order valence-corrected chi connectivity index (χ0v) is 14.8. The predicted octanol–water partition coefficient (Wildman–Crippen LogP) is 3.08. The lowest BCUT2D eigenvalue weighted by Crippen LogP contribution is -2.27. The maximum atomic E-state index is 11.8. The lowest BCUT2D eigenvalue weighted by atomic mass is 10.1. The van der Waals surface area contributed by atoms with Gasteiger partial charge in [-0.25, -0.2) is 0 Å². The van der Waals surface area contributed by atoms with E-state index < -0.39 is 0 Å². The Labute approximate surface area is 150 Å². The number of nitrogens with one attached hydrogen (secondary N) is 1. The molecule has 5 nitrogen and oxygen atoms in total. The Bertz CT molecular complexity index is 725. The van der Waals surface area contributed by atoms with Gasteiger partial charge in [0.05, 0.1) is 5.75 Å². The van der Waals surface area contributed by atoms with E-state index in [1.165, 1.54) is 11.8 Å². The highest BCUT2D eigenvalue weighted by Crippen LogP contribution is 2.21. The second-order valence-electron chi connectivity index (χ2n) is 5.73. The van der Waals surface area contributed by atoms with Gasteiger partial charge < -0.3 is 9.88 Å². The molecule has 1 N–H and O–H groups in total. The normalized spacial score (nSPS) is 13.7. The zero-order chi connectivity index (χ0) is 16.9. The average molecular weight is 363 g/mol. The van der Waals surface area contributed by atoms with Gasteiger partial charge in [-0.1, -0.05) is 41.6 Å². The SMILES string of the molecule is C=CCn1c(Cc2ccc(Cl)cc2)nnc1SCC(=O)NC1CC1. The van der Waals surface area contributed by atoms with Gasteiger partial charge in [0.15, 0.2) is 5.16 Å². The van der Waals surface area contributed by atoms with E-state index in [1.54, 1.807) is 0 Å². The average Bonchev–Trinajstić information content (AvgIpc) is 3.30. The van der Waals surface area contributed by atoms with Gasteiger partial charge in [0.1, 0.15) is 5.82 Å². The molecule has 1 fully saturated rings. The van der Waals surface area contributed by atoms with Crippen molar-refractivity contribution >= 4 is 29.3 Å². The first-order valence-corrected chi connectivity index (χ1v) is 9.21. The van der Waals surface area contributed by atoms with Crippen LogP contribution in [-0.4, -0.2) is 32.5 Å². The van der Waals surface area contributed by atoms with E-state index in [1.807, 2.05) is 34.9 Å². The summed E-state index contributed by atoms with van der Waals surface area (Å²) in [7, 11) is 0. The van der Waals surface area contributed by atoms with Crippen molar-refractivity contribution in [2.75, 3.05) is 5.75 Å². The van der Waals surface area contributed by atoms with Gasteiger partial charge in [0.25, 0.3) is 0 Å². The van der Waals surface area contributed by atoms with Crippen molar-refractivity contribution < 1.29 is 4.79 Å². The molecular weight excluding hydrogens is 344 g/mol. The number of halogens is 1. The van der Waals surface area contributed by atoms with Crippen LogP contribution >= 0.6 is 23.4 Å². The van der Waals surface area contributed by atoms with Crippen LogP contribution in [0.3, 0.4) is 0 Å². The first kappa shape index (κ1) is 17.0. The van der Waals surface area contributed by atoms with Crippen molar-refractivity contribution in [3.8, 4) is 0 Å². The van der Waals surface area contributed by atoms with Gasteiger partial charge in [-0.3, -0.25) is 4.79 Å². The van der Waals surface area contributed by atoms with Gasteiger partial charge >= 0.3 is 0 Å². The molecule has 3 rings (SSSR count). The molecule has 0 radical (unpaired) electrons. The zero-order valence-electron chi connectivity index (χ0n) is 13.2. The number of rotatable bonds is 8. The summed E-state index contributed by atoms with van der Waals surface area (Å²) in [4.78, 5) is 11.8. The molecule has 0 atom stereocenters. The van der Waals surface area contributed by atoms with Crippen LogP contribution in [0.15, 0.2) is 42.1 Å². The Hall–Kier alpha value is -1.79. The number of benzene rings is 1. The first-order chi connectivity index (χ1) is 11.7. The summed E-state index contributed by atoms with van der Waals surface area (Å²) in [5.74, 6) is 1.25. The summed E-state index contributed by atoms with van der Waals surface area (Å²) in [5, 5.41) is 13.0. The third-order valence-corrected chi connectivity index (χ3v) is 4.87. The van der Waals surface area contributed by atoms with E-state index >= 15 is 0 Å². The van der Waals surface area contributed by atoms with Crippen LogP contribution in [0.5, 0.6) is 0 Å². The number of carbonyl (C=O) groups excluding carboxylic acids is 1. The molecule has 1 saturated carbocycles. The molecule has 0 saturated heterocycles. The molecule has 0 spiro atoms. The van der Waals surface area contributed by atoms with Crippen molar-refractivity contribution in [3.05, 3.63) is 53.3 Å². The van der Waals surface area contributed by atoms with E-state index in [0.29, 0.717) is 29.8 Å². The maximum Gasteiger partial charge on any atom is 0.230 e. The molecule has 1 heterocycles. The van der Waals surface area contributed by atoms with E-state index in [4.69, 9.17) is 11.6 Å². The fraction of sp³-hybridized carbons (Fsp3) is 0.353. The minimum atomic E-state index is 0.0508. The third-order valence-electron chi connectivity index (χ3n) is 3.66. The maximum absolute atomic E-state index is 11.8. The van der Waals surface area contributed by atoms with Crippen molar-refractivity contribution in [2.24, 2.45) is 0 Å². The van der Waals surface area contributed by atoms with Crippen LogP contribution in [0.4, 0.5) is 0 Å². The lowest BCUT2D eigenvalue weighted by molar-refractivity contribution is -0.118. The molecule has 1 aliphatic carbocycles. The van der Waals surface area contributed by atoms with Crippen LogP contribution in [0.25, 0.3) is 0 Å². The molecule has 24 heavy (non-hydrogen) atoms. The Kier molecular flexibility index (Phi) is 5.58. The van der Waals surface area contributed by atoms with Crippen LogP contribution in [-0.2, 0) is 17.8 Å². The van der Waals surface area contributed by atoms with Crippen LogP contribution < -0.4 is 5.32 Å².